The highest BCUT2D eigenvalue weighted by Gasteiger charge is 2.69. The molecule has 1 nitrogen and oxygen atoms in total. The van der Waals surface area contributed by atoms with Gasteiger partial charge in [-0.3, -0.25) is 0 Å². The van der Waals surface area contributed by atoms with Gasteiger partial charge in [-0.15, -0.1) is 0 Å². The van der Waals surface area contributed by atoms with E-state index in [2.05, 4.69) is 12.6 Å². The first kappa shape index (κ1) is 14.9. The Morgan fingerprint density at radius 1 is 1.07 bits per heavy atom. The third-order valence-corrected chi connectivity index (χ3v) is 2.12. The van der Waals surface area contributed by atoms with Gasteiger partial charge in [-0.05, 0) is 18.1 Å². The summed E-state index contributed by atoms with van der Waals surface area (Å²) in [6.45, 7) is 1.34. The van der Waals surface area contributed by atoms with E-state index in [4.69, 9.17) is 5.11 Å². The Bertz CT molecular complexity index is 195. The van der Waals surface area contributed by atoms with E-state index in [1.165, 1.54) is 6.92 Å². The van der Waals surface area contributed by atoms with Crippen molar-refractivity contribution >= 4 is 12.6 Å². The van der Waals surface area contributed by atoms with Crippen molar-refractivity contribution in [1.82, 2.24) is 0 Å². The van der Waals surface area contributed by atoms with Crippen molar-refractivity contribution in [3.05, 3.63) is 0 Å². The van der Waals surface area contributed by atoms with Crippen LogP contribution in [0.25, 0.3) is 0 Å². The fourth-order valence-corrected chi connectivity index (χ4v) is 0.991. The van der Waals surface area contributed by atoms with Crippen LogP contribution in [0.1, 0.15) is 19.8 Å². The maximum atomic E-state index is 12.1. The number of halogens is 6. The van der Waals surface area contributed by atoms with Crippen molar-refractivity contribution in [1.29, 1.82) is 0 Å². The summed E-state index contributed by atoms with van der Waals surface area (Å²) in [4.78, 5) is 0. The van der Waals surface area contributed by atoms with Crippen molar-refractivity contribution in [2.45, 2.75) is 43.0 Å². The fraction of sp³-hybridized carbons (Fsp3) is 1.00. The molecule has 0 aromatic heterocycles. The van der Waals surface area contributed by atoms with Crippen LogP contribution < -0.4 is 0 Å². The van der Waals surface area contributed by atoms with Gasteiger partial charge in [0, 0.05) is 0 Å². The minimum absolute atomic E-state index is 0.487. The Balaban J connectivity index is 4.90. The van der Waals surface area contributed by atoms with E-state index < -0.39 is 36.0 Å². The molecule has 1 atom stereocenters. The quantitative estimate of drug-likeness (QED) is 0.587. The zero-order valence-electron chi connectivity index (χ0n) is 7.65. The lowest BCUT2D eigenvalue weighted by atomic mass is 9.95. The monoisotopic (exact) mass is 256 g/mol. The fourth-order valence-electron chi connectivity index (χ4n) is 0.862. The Hall–Kier alpha value is -0.110. The van der Waals surface area contributed by atoms with E-state index in [1.807, 2.05) is 0 Å². The smallest absolute Gasteiger partial charge is 0.374 e. The molecule has 15 heavy (non-hydrogen) atoms. The molecule has 0 bridgehead atoms. The molecule has 0 aliphatic heterocycles. The molecule has 8 heteroatoms. The molecule has 0 rings (SSSR count). The van der Waals surface area contributed by atoms with Crippen molar-refractivity contribution in [2.75, 3.05) is 0 Å². The van der Waals surface area contributed by atoms with Gasteiger partial charge in [0.1, 0.15) is 0 Å². The first-order chi connectivity index (χ1) is 6.42. The average Bonchev–Trinajstić information content (AvgIpc) is 1.95. The van der Waals surface area contributed by atoms with Crippen LogP contribution in [0.15, 0.2) is 0 Å². The summed E-state index contributed by atoms with van der Waals surface area (Å²) in [5.41, 5.74) is -4.64. The van der Waals surface area contributed by atoms with Crippen molar-refractivity contribution in [3.8, 4) is 0 Å². The van der Waals surface area contributed by atoms with Crippen LogP contribution >= 0.6 is 12.6 Å². The average molecular weight is 256 g/mol. The molecular formula is C7H10F6OS. The lowest BCUT2D eigenvalue weighted by Crippen LogP contribution is -2.56. The summed E-state index contributed by atoms with van der Waals surface area (Å²) in [7, 11) is 0. The Morgan fingerprint density at radius 2 is 1.40 bits per heavy atom. The number of alkyl halides is 6. The minimum Gasteiger partial charge on any atom is -0.374 e. The lowest BCUT2D eigenvalue weighted by Gasteiger charge is -2.32. The van der Waals surface area contributed by atoms with Crippen molar-refractivity contribution < 1.29 is 31.4 Å². The molecular weight excluding hydrogens is 246 g/mol. The molecule has 0 radical (unpaired) electrons. The second kappa shape index (κ2) is 4.40. The van der Waals surface area contributed by atoms with E-state index in [-0.39, 0.29) is 0 Å². The number of aliphatic hydroxyl groups is 1. The summed E-state index contributed by atoms with van der Waals surface area (Å²) in [5.74, 6) is 0. The summed E-state index contributed by atoms with van der Waals surface area (Å²) in [6.07, 6.45) is -13.4. The van der Waals surface area contributed by atoms with E-state index >= 15 is 0 Å². The standard InChI is InChI=1S/C7H10F6OS/c1-4(15)2-3-5(14,6(8,9)10)7(11,12)13/h4,14-15H,2-3H2,1H3. The molecule has 0 aromatic carbocycles. The van der Waals surface area contributed by atoms with Gasteiger partial charge in [0.05, 0.1) is 0 Å². The molecule has 0 heterocycles. The second-order valence-electron chi connectivity index (χ2n) is 3.24. The summed E-state index contributed by atoms with van der Waals surface area (Å²) < 4.78 is 72.3. The number of thiol groups is 1. The van der Waals surface area contributed by atoms with Gasteiger partial charge < -0.3 is 5.11 Å². The van der Waals surface area contributed by atoms with E-state index in [0.717, 1.165) is 0 Å². The predicted molar refractivity (Wildman–Crippen MR) is 44.7 cm³/mol. The Labute approximate surface area is 87.9 Å². The summed E-state index contributed by atoms with van der Waals surface area (Å²) >= 11 is 3.66. The van der Waals surface area contributed by atoms with Crippen LogP contribution in [0.5, 0.6) is 0 Å². The second-order valence-corrected chi connectivity index (χ2v) is 4.13. The molecule has 1 unspecified atom stereocenters. The maximum Gasteiger partial charge on any atom is 0.426 e. The molecule has 0 amide bonds. The van der Waals surface area contributed by atoms with Gasteiger partial charge >= 0.3 is 12.4 Å². The number of hydrogen-bond acceptors (Lipinski definition) is 2. The van der Waals surface area contributed by atoms with E-state index in [0.29, 0.717) is 0 Å². The highest BCUT2D eigenvalue weighted by atomic mass is 32.1. The number of hydrogen-bond donors (Lipinski definition) is 2. The predicted octanol–water partition coefficient (Wildman–Crippen LogP) is 2.94. The molecule has 0 aliphatic rings. The van der Waals surface area contributed by atoms with Crippen LogP contribution in [-0.2, 0) is 0 Å². The Morgan fingerprint density at radius 3 is 1.60 bits per heavy atom. The molecule has 0 fully saturated rings. The topological polar surface area (TPSA) is 20.2 Å². The van der Waals surface area contributed by atoms with Crippen LogP contribution in [0.2, 0.25) is 0 Å². The van der Waals surface area contributed by atoms with E-state index in [9.17, 15) is 26.3 Å². The highest BCUT2D eigenvalue weighted by molar-refractivity contribution is 7.80. The Kier molecular flexibility index (Phi) is 4.37. The van der Waals surface area contributed by atoms with Gasteiger partial charge in [0.25, 0.3) is 5.60 Å². The summed E-state index contributed by atoms with van der Waals surface area (Å²) in [5, 5.41) is 8.00. The van der Waals surface area contributed by atoms with Crippen molar-refractivity contribution in [2.24, 2.45) is 0 Å². The van der Waals surface area contributed by atoms with Crippen LogP contribution in [-0.4, -0.2) is 28.3 Å². The normalized spacial score (nSPS) is 16.6. The van der Waals surface area contributed by atoms with E-state index in [1.54, 1.807) is 0 Å². The maximum absolute atomic E-state index is 12.1. The third kappa shape index (κ3) is 3.44. The molecule has 0 spiro atoms. The van der Waals surface area contributed by atoms with Crippen LogP contribution in [0.4, 0.5) is 26.3 Å². The summed E-state index contributed by atoms with van der Waals surface area (Å²) in [6, 6.07) is 0. The van der Waals surface area contributed by atoms with Crippen LogP contribution in [0, 0.1) is 0 Å². The van der Waals surface area contributed by atoms with Gasteiger partial charge in [0.15, 0.2) is 0 Å². The molecule has 0 aliphatic carbocycles. The zero-order chi connectivity index (χ0) is 12.5. The first-order valence-corrected chi connectivity index (χ1v) is 4.47. The highest BCUT2D eigenvalue weighted by Crippen LogP contribution is 2.46. The molecule has 0 saturated heterocycles. The van der Waals surface area contributed by atoms with Crippen molar-refractivity contribution in [3.63, 3.8) is 0 Å². The lowest BCUT2D eigenvalue weighted by molar-refractivity contribution is -0.370. The van der Waals surface area contributed by atoms with Gasteiger partial charge in [-0.2, -0.15) is 39.0 Å². The molecule has 92 valence electrons. The largest absolute Gasteiger partial charge is 0.426 e. The third-order valence-electron chi connectivity index (χ3n) is 1.86. The van der Waals surface area contributed by atoms with Crippen LogP contribution in [0.3, 0.4) is 0 Å². The van der Waals surface area contributed by atoms with Gasteiger partial charge in [-0.25, -0.2) is 0 Å². The van der Waals surface area contributed by atoms with Gasteiger partial charge in [-0.1, -0.05) is 6.92 Å². The molecule has 0 aromatic rings. The number of rotatable bonds is 3. The first-order valence-electron chi connectivity index (χ1n) is 3.95. The zero-order valence-corrected chi connectivity index (χ0v) is 8.55. The van der Waals surface area contributed by atoms with Gasteiger partial charge in [0.2, 0.25) is 0 Å². The molecule has 0 saturated carbocycles. The SMILES string of the molecule is CC(S)CCC(O)(C(F)(F)F)C(F)(F)F. The molecule has 1 N–H and O–H groups in total. The minimum atomic E-state index is -5.73.